The van der Waals surface area contributed by atoms with E-state index in [-0.39, 0.29) is 11.5 Å². The van der Waals surface area contributed by atoms with E-state index in [1.165, 1.54) is 6.07 Å². The molecule has 2 N–H and O–H groups in total. The third-order valence-electron chi connectivity index (χ3n) is 1.87. The molecule has 0 bridgehead atoms. The van der Waals surface area contributed by atoms with E-state index >= 15 is 0 Å². The van der Waals surface area contributed by atoms with Gasteiger partial charge in [-0.15, -0.1) is 0 Å². The van der Waals surface area contributed by atoms with Crippen molar-refractivity contribution in [3.8, 4) is 0 Å². The molecule has 1 aromatic carbocycles. The first-order chi connectivity index (χ1) is 6.00. The van der Waals surface area contributed by atoms with Gasteiger partial charge in [0.05, 0.1) is 0 Å². The summed E-state index contributed by atoms with van der Waals surface area (Å²) in [5.41, 5.74) is 6.06. The summed E-state index contributed by atoms with van der Waals surface area (Å²) in [7, 11) is 0. The van der Waals surface area contributed by atoms with E-state index in [1.54, 1.807) is 6.07 Å². The number of benzene rings is 1. The maximum absolute atomic E-state index is 12.9. The van der Waals surface area contributed by atoms with E-state index in [0.717, 1.165) is 11.6 Å². The molecule has 0 saturated carbocycles. The first-order valence-corrected chi connectivity index (χ1v) is 4.11. The van der Waals surface area contributed by atoms with Gasteiger partial charge in [-0.05, 0) is 29.7 Å². The van der Waals surface area contributed by atoms with Gasteiger partial charge in [-0.3, -0.25) is 4.79 Å². The van der Waals surface area contributed by atoms with Crippen LogP contribution in [0.2, 0.25) is 0 Å². The fourth-order valence-electron chi connectivity index (χ4n) is 1.09. The SMILES string of the molecule is CC(C)c1cc(F)cc(C(N)=O)c1. The summed E-state index contributed by atoms with van der Waals surface area (Å²) in [6.45, 7) is 3.86. The summed E-state index contributed by atoms with van der Waals surface area (Å²) in [6.07, 6.45) is 0. The normalized spacial score (nSPS) is 10.5. The van der Waals surface area contributed by atoms with Crippen LogP contribution in [0.3, 0.4) is 0 Å². The lowest BCUT2D eigenvalue weighted by Crippen LogP contribution is -2.11. The third kappa shape index (κ3) is 2.28. The summed E-state index contributed by atoms with van der Waals surface area (Å²) in [5.74, 6) is -0.824. The number of halogens is 1. The van der Waals surface area contributed by atoms with Crippen LogP contribution in [0.1, 0.15) is 35.7 Å². The van der Waals surface area contributed by atoms with Crippen LogP contribution < -0.4 is 5.73 Å². The molecule has 0 atom stereocenters. The van der Waals surface area contributed by atoms with Crippen molar-refractivity contribution in [1.82, 2.24) is 0 Å². The Hall–Kier alpha value is -1.38. The molecular formula is C10H12FNO. The zero-order valence-electron chi connectivity index (χ0n) is 7.67. The zero-order valence-corrected chi connectivity index (χ0v) is 7.67. The maximum atomic E-state index is 12.9. The van der Waals surface area contributed by atoms with Gasteiger partial charge in [0.25, 0.3) is 0 Å². The van der Waals surface area contributed by atoms with E-state index in [1.807, 2.05) is 13.8 Å². The molecule has 0 unspecified atom stereocenters. The van der Waals surface area contributed by atoms with Gasteiger partial charge in [-0.2, -0.15) is 0 Å². The zero-order chi connectivity index (χ0) is 10.0. The summed E-state index contributed by atoms with van der Waals surface area (Å²) in [5, 5.41) is 0. The van der Waals surface area contributed by atoms with Gasteiger partial charge in [0.1, 0.15) is 5.82 Å². The highest BCUT2D eigenvalue weighted by Gasteiger charge is 2.07. The fraction of sp³-hybridized carbons (Fsp3) is 0.300. The quantitative estimate of drug-likeness (QED) is 0.745. The lowest BCUT2D eigenvalue weighted by atomic mass is 10.0. The topological polar surface area (TPSA) is 43.1 Å². The minimum Gasteiger partial charge on any atom is -0.366 e. The molecule has 13 heavy (non-hydrogen) atoms. The van der Waals surface area contributed by atoms with Crippen LogP contribution in [0.25, 0.3) is 0 Å². The molecule has 0 saturated heterocycles. The molecule has 1 amide bonds. The molecule has 0 aliphatic carbocycles. The molecule has 0 spiro atoms. The lowest BCUT2D eigenvalue weighted by Gasteiger charge is -2.06. The van der Waals surface area contributed by atoms with Crippen molar-refractivity contribution < 1.29 is 9.18 Å². The summed E-state index contributed by atoms with van der Waals surface area (Å²) in [4.78, 5) is 10.8. The maximum Gasteiger partial charge on any atom is 0.248 e. The van der Waals surface area contributed by atoms with Crippen molar-refractivity contribution in [2.45, 2.75) is 19.8 Å². The highest BCUT2D eigenvalue weighted by atomic mass is 19.1. The van der Waals surface area contributed by atoms with E-state index < -0.39 is 11.7 Å². The molecule has 0 heterocycles. The highest BCUT2D eigenvalue weighted by Crippen LogP contribution is 2.17. The molecule has 0 aromatic heterocycles. The molecule has 0 aliphatic rings. The molecule has 2 nitrogen and oxygen atoms in total. The fourth-order valence-corrected chi connectivity index (χ4v) is 1.09. The van der Waals surface area contributed by atoms with E-state index in [9.17, 15) is 9.18 Å². The van der Waals surface area contributed by atoms with Crippen molar-refractivity contribution >= 4 is 5.91 Å². The second-order valence-electron chi connectivity index (χ2n) is 3.29. The van der Waals surface area contributed by atoms with Crippen LogP contribution in [0, 0.1) is 5.82 Å². The molecule has 1 rings (SSSR count). The van der Waals surface area contributed by atoms with Gasteiger partial charge in [0.2, 0.25) is 5.91 Å². The average Bonchev–Trinajstić information content (AvgIpc) is 2.03. The molecule has 0 fully saturated rings. The third-order valence-corrected chi connectivity index (χ3v) is 1.87. The Morgan fingerprint density at radius 1 is 1.38 bits per heavy atom. The molecule has 0 radical (unpaired) electrons. The van der Waals surface area contributed by atoms with Crippen LogP contribution in [0.4, 0.5) is 4.39 Å². The van der Waals surface area contributed by atoms with Crippen molar-refractivity contribution in [2.75, 3.05) is 0 Å². The Kier molecular flexibility index (Phi) is 2.66. The molecule has 1 aromatic rings. The molecule has 0 aliphatic heterocycles. The Bertz CT molecular complexity index is 334. The van der Waals surface area contributed by atoms with Crippen LogP contribution in [-0.2, 0) is 0 Å². The number of rotatable bonds is 2. The van der Waals surface area contributed by atoms with Gasteiger partial charge in [0, 0.05) is 5.56 Å². The van der Waals surface area contributed by atoms with E-state index in [4.69, 9.17) is 5.73 Å². The predicted molar refractivity (Wildman–Crippen MR) is 49.0 cm³/mol. The summed E-state index contributed by atoms with van der Waals surface area (Å²) < 4.78 is 12.9. The van der Waals surface area contributed by atoms with Crippen LogP contribution in [0.15, 0.2) is 18.2 Å². The predicted octanol–water partition coefficient (Wildman–Crippen LogP) is 2.05. The lowest BCUT2D eigenvalue weighted by molar-refractivity contribution is 0.0999. The monoisotopic (exact) mass is 181 g/mol. The summed E-state index contributed by atoms with van der Waals surface area (Å²) >= 11 is 0. The van der Waals surface area contributed by atoms with Crippen LogP contribution in [0.5, 0.6) is 0 Å². The number of amides is 1. The van der Waals surface area contributed by atoms with Crippen molar-refractivity contribution in [3.63, 3.8) is 0 Å². The van der Waals surface area contributed by atoms with Crippen molar-refractivity contribution in [1.29, 1.82) is 0 Å². The molecule has 3 heteroatoms. The standard InChI is InChI=1S/C10H12FNO/c1-6(2)7-3-8(10(12)13)5-9(11)4-7/h3-6H,1-2H3,(H2,12,13). The first-order valence-electron chi connectivity index (χ1n) is 4.11. The minimum atomic E-state index is -0.596. The Morgan fingerprint density at radius 3 is 2.46 bits per heavy atom. The van der Waals surface area contributed by atoms with Gasteiger partial charge in [-0.1, -0.05) is 13.8 Å². The smallest absolute Gasteiger partial charge is 0.248 e. The van der Waals surface area contributed by atoms with Gasteiger partial charge in [-0.25, -0.2) is 4.39 Å². The number of carbonyl (C=O) groups is 1. The number of nitrogens with two attached hydrogens (primary N) is 1. The summed E-state index contributed by atoms with van der Waals surface area (Å²) in [6, 6.07) is 4.18. The minimum absolute atomic E-state index is 0.189. The van der Waals surface area contributed by atoms with E-state index in [2.05, 4.69) is 0 Å². The molecular weight excluding hydrogens is 169 g/mol. The largest absolute Gasteiger partial charge is 0.366 e. The Morgan fingerprint density at radius 2 is 2.00 bits per heavy atom. The molecule has 70 valence electrons. The number of primary amides is 1. The van der Waals surface area contributed by atoms with Crippen molar-refractivity contribution in [3.05, 3.63) is 35.1 Å². The van der Waals surface area contributed by atoms with Gasteiger partial charge in [0.15, 0.2) is 0 Å². The Balaban J connectivity index is 3.19. The van der Waals surface area contributed by atoms with Gasteiger partial charge >= 0.3 is 0 Å². The first kappa shape index (κ1) is 9.71. The van der Waals surface area contributed by atoms with Gasteiger partial charge < -0.3 is 5.73 Å². The number of carbonyl (C=O) groups excluding carboxylic acids is 1. The highest BCUT2D eigenvalue weighted by molar-refractivity contribution is 5.92. The number of hydrogen-bond acceptors (Lipinski definition) is 1. The van der Waals surface area contributed by atoms with Crippen molar-refractivity contribution in [2.24, 2.45) is 5.73 Å². The second-order valence-corrected chi connectivity index (χ2v) is 3.29. The van der Waals surface area contributed by atoms with E-state index in [0.29, 0.717) is 0 Å². The van der Waals surface area contributed by atoms with Crippen LogP contribution >= 0.6 is 0 Å². The van der Waals surface area contributed by atoms with Crippen LogP contribution in [-0.4, -0.2) is 5.91 Å². The number of hydrogen-bond donors (Lipinski definition) is 1. The Labute approximate surface area is 76.6 Å². The average molecular weight is 181 g/mol. The second kappa shape index (κ2) is 3.56.